The molecule has 0 spiro atoms. The van der Waals surface area contributed by atoms with Crippen molar-refractivity contribution in [1.29, 1.82) is 0 Å². The van der Waals surface area contributed by atoms with Crippen LogP contribution in [0.25, 0.3) is 11.4 Å². The number of nitrogens with zero attached hydrogens (tertiary/aromatic N) is 2. The summed E-state index contributed by atoms with van der Waals surface area (Å²) in [5.41, 5.74) is 12.6. The molecule has 0 aliphatic carbocycles. The molecule has 3 heterocycles. The van der Waals surface area contributed by atoms with E-state index in [9.17, 15) is 4.79 Å². The maximum absolute atomic E-state index is 12.5. The van der Waals surface area contributed by atoms with Crippen molar-refractivity contribution in [3.05, 3.63) is 68.9 Å². The van der Waals surface area contributed by atoms with E-state index in [1.165, 1.54) is 17.0 Å². The van der Waals surface area contributed by atoms with Gasteiger partial charge in [-0.25, -0.2) is 4.98 Å². The highest BCUT2D eigenvalue weighted by Gasteiger charge is 2.22. The van der Waals surface area contributed by atoms with E-state index in [1.54, 1.807) is 0 Å². The fourth-order valence-electron chi connectivity index (χ4n) is 3.58. The normalized spacial score (nSPS) is 14.4. The molecule has 0 saturated heterocycles. The summed E-state index contributed by atoms with van der Waals surface area (Å²) in [4.78, 5) is 25.9. The molecule has 0 atom stereocenters. The molecule has 1 aromatic carbocycles. The predicted molar refractivity (Wildman–Crippen MR) is 103 cm³/mol. The molecule has 0 radical (unpaired) electrons. The van der Waals surface area contributed by atoms with E-state index in [0.717, 1.165) is 36.3 Å². The Labute approximate surface area is 152 Å². The Kier molecular flexibility index (Phi) is 4.12. The number of benzene rings is 1. The molecule has 6 nitrogen and oxygen atoms in total. The quantitative estimate of drug-likeness (QED) is 0.634. The minimum atomic E-state index is -0.0339. The number of hydrogen-bond acceptors (Lipinski definition) is 4. The molecule has 26 heavy (non-hydrogen) atoms. The lowest BCUT2D eigenvalue weighted by Gasteiger charge is -2.27. The van der Waals surface area contributed by atoms with Gasteiger partial charge in [0.25, 0.3) is 5.56 Å². The molecule has 134 valence electrons. The molecule has 3 aromatic rings. The largest absolute Gasteiger partial charge is 0.399 e. The van der Waals surface area contributed by atoms with Crippen LogP contribution in [0, 0.1) is 13.8 Å². The number of aryl methyl sites for hydroxylation is 2. The van der Waals surface area contributed by atoms with Gasteiger partial charge in [0.2, 0.25) is 0 Å². The third-order valence-corrected chi connectivity index (χ3v) is 4.98. The minimum Gasteiger partial charge on any atom is -0.399 e. The van der Waals surface area contributed by atoms with Crippen LogP contribution in [0.4, 0.5) is 5.69 Å². The summed E-state index contributed by atoms with van der Waals surface area (Å²) in [6.45, 7) is 6.57. The molecule has 0 bridgehead atoms. The van der Waals surface area contributed by atoms with Crippen molar-refractivity contribution in [3.63, 3.8) is 0 Å². The lowest BCUT2D eigenvalue weighted by molar-refractivity contribution is 0.237. The first-order valence-corrected chi connectivity index (χ1v) is 8.85. The first-order valence-electron chi connectivity index (χ1n) is 8.85. The van der Waals surface area contributed by atoms with Crippen LogP contribution in [0.3, 0.4) is 0 Å². The van der Waals surface area contributed by atoms with Gasteiger partial charge in [0.05, 0.1) is 5.69 Å². The van der Waals surface area contributed by atoms with E-state index in [4.69, 9.17) is 10.7 Å². The Morgan fingerprint density at radius 2 is 1.96 bits per heavy atom. The summed E-state index contributed by atoms with van der Waals surface area (Å²) >= 11 is 0. The Morgan fingerprint density at radius 3 is 2.65 bits per heavy atom. The number of fused-ring (bicyclic) bond motifs is 1. The van der Waals surface area contributed by atoms with Crippen LogP contribution in [-0.4, -0.2) is 26.4 Å². The summed E-state index contributed by atoms with van der Waals surface area (Å²) < 4.78 is 0. The van der Waals surface area contributed by atoms with E-state index in [2.05, 4.69) is 34.8 Å². The van der Waals surface area contributed by atoms with Crippen molar-refractivity contribution in [1.82, 2.24) is 19.9 Å². The van der Waals surface area contributed by atoms with Gasteiger partial charge in [0.15, 0.2) is 0 Å². The van der Waals surface area contributed by atoms with Gasteiger partial charge in [-0.2, -0.15) is 0 Å². The molecular weight excluding hydrogens is 326 g/mol. The lowest BCUT2D eigenvalue weighted by Crippen LogP contribution is -2.35. The molecule has 1 aliphatic rings. The highest BCUT2D eigenvalue weighted by atomic mass is 16.1. The molecule has 0 unspecified atom stereocenters. The smallest absolute Gasteiger partial charge is 0.254 e. The van der Waals surface area contributed by atoms with Crippen molar-refractivity contribution in [2.24, 2.45) is 0 Å². The summed E-state index contributed by atoms with van der Waals surface area (Å²) in [6.07, 6.45) is 0.721. The highest BCUT2D eigenvalue weighted by molar-refractivity contribution is 5.58. The zero-order valence-electron chi connectivity index (χ0n) is 15.1. The first-order chi connectivity index (χ1) is 12.5. The average Bonchev–Trinajstić information content (AvgIpc) is 2.92. The van der Waals surface area contributed by atoms with Crippen LogP contribution < -0.4 is 11.3 Å². The molecule has 0 amide bonds. The molecule has 4 rings (SSSR count). The van der Waals surface area contributed by atoms with E-state index in [-0.39, 0.29) is 5.56 Å². The topological polar surface area (TPSA) is 90.8 Å². The van der Waals surface area contributed by atoms with Crippen molar-refractivity contribution in [2.75, 3.05) is 12.3 Å². The predicted octanol–water partition coefficient (Wildman–Crippen LogP) is 2.52. The van der Waals surface area contributed by atoms with Crippen LogP contribution in [0.5, 0.6) is 0 Å². The number of anilines is 1. The zero-order valence-corrected chi connectivity index (χ0v) is 15.1. The first kappa shape index (κ1) is 16.6. The Morgan fingerprint density at radius 1 is 1.19 bits per heavy atom. The van der Waals surface area contributed by atoms with Gasteiger partial charge < -0.3 is 15.7 Å². The highest BCUT2D eigenvalue weighted by Crippen LogP contribution is 2.21. The fraction of sp³-hybridized carbons (Fsp3) is 0.300. The van der Waals surface area contributed by atoms with Crippen molar-refractivity contribution >= 4 is 5.69 Å². The standard InChI is InChI=1S/C20H23N5O/c1-12-9-13(2)22-17(12)10-25-8-7-16-18(11-25)23-19(24-20(16)26)14-3-5-15(21)6-4-14/h3-6,9,22H,7-8,10-11,21H2,1-2H3,(H,23,24,26). The number of rotatable bonds is 3. The number of H-pyrrole nitrogens is 2. The maximum atomic E-state index is 12.5. The second-order valence-electron chi connectivity index (χ2n) is 7.04. The van der Waals surface area contributed by atoms with E-state index >= 15 is 0 Å². The number of hydrogen-bond donors (Lipinski definition) is 3. The van der Waals surface area contributed by atoms with Gasteiger partial charge in [0.1, 0.15) is 5.82 Å². The Balaban J connectivity index is 1.62. The van der Waals surface area contributed by atoms with Crippen LogP contribution >= 0.6 is 0 Å². The van der Waals surface area contributed by atoms with Gasteiger partial charge in [0, 0.05) is 47.8 Å². The maximum Gasteiger partial charge on any atom is 0.254 e. The average molecular weight is 349 g/mol. The Bertz CT molecular complexity index is 1000. The number of aromatic nitrogens is 3. The molecular formula is C20H23N5O. The van der Waals surface area contributed by atoms with Gasteiger partial charge in [-0.1, -0.05) is 0 Å². The summed E-state index contributed by atoms with van der Waals surface area (Å²) in [5, 5.41) is 0. The molecule has 4 N–H and O–H groups in total. The van der Waals surface area contributed by atoms with Crippen LogP contribution in [0.1, 0.15) is 28.2 Å². The Hall–Kier alpha value is -2.86. The van der Waals surface area contributed by atoms with E-state index < -0.39 is 0 Å². The fourth-order valence-corrected chi connectivity index (χ4v) is 3.58. The van der Waals surface area contributed by atoms with Gasteiger partial charge in [-0.05, 0) is 56.2 Å². The minimum absolute atomic E-state index is 0.0339. The number of nitrogens with one attached hydrogen (secondary N) is 2. The summed E-state index contributed by atoms with van der Waals surface area (Å²) in [7, 11) is 0. The van der Waals surface area contributed by atoms with Gasteiger partial charge >= 0.3 is 0 Å². The van der Waals surface area contributed by atoms with E-state index in [0.29, 0.717) is 18.1 Å². The molecule has 2 aromatic heterocycles. The van der Waals surface area contributed by atoms with Gasteiger partial charge in [-0.15, -0.1) is 0 Å². The van der Waals surface area contributed by atoms with Crippen molar-refractivity contribution in [2.45, 2.75) is 33.4 Å². The van der Waals surface area contributed by atoms with Crippen LogP contribution in [0.15, 0.2) is 35.1 Å². The molecule has 6 heteroatoms. The summed E-state index contributed by atoms with van der Waals surface area (Å²) in [6, 6.07) is 9.56. The number of nitrogens with two attached hydrogens (primary N) is 1. The van der Waals surface area contributed by atoms with Crippen molar-refractivity contribution in [3.8, 4) is 11.4 Å². The third kappa shape index (κ3) is 3.15. The number of nitrogen functional groups attached to an aromatic ring is 1. The van der Waals surface area contributed by atoms with Crippen molar-refractivity contribution < 1.29 is 0 Å². The van der Waals surface area contributed by atoms with Crippen LogP contribution in [0.2, 0.25) is 0 Å². The van der Waals surface area contributed by atoms with E-state index in [1.807, 2.05) is 24.3 Å². The van der Waals surface area contributed by atoms with Crippen LogP contribution in [-0.2, 0) is 19.5 Å². The van der Waals surface area contributed by atoms with Gasteiger partial charge in [-0.3, -0.25) is 9.69 Å². The molecule has 0 saturated carbocycles. The molecule has 0 fully saturated rings. The third-order valence-electron chi connectivity index (χ3n) is 4.98. The second-order valence-corrected chi connectivity index (χ2v) is 7.04. The second kappa shape index (κ2) is 6.46. The monoisotopic (exact) mass is 349 g/mol. The lowest BCUT2D eigenvalue weighted by atomic mass is 10.1. The molecule has 1 aliphatic heterocycles. The zero-order chi connectivity index (χ0) is 18.3. The number of aromatic amines is 2. The SMILES string of the molecule is Cc1cc(C)c(CN2CCc3c(nc(-c4ccc(N)cc4)[nH]c3=O)C2)[nH]1. The summed E-state index contributed by atoms with van der Waals surface area (Å²) in [5.74, 6) is 0.600.